The Morgan fingerprint density at radius 2 is 1.92 bits per heavy atom. The average Bonchev–Trinajstić information content (AvgIpc) is 3.06. The molecule has 7 heteroatoms. The smallest absolute Gasteiger partial charge is 0.313 e. The normalized spacial score (nSPS) is 20.7. The first-order chi connectivity index (χ1) is 12.4. The fourth-order valence-corrected chi connectivity index (χ4v) is 3.45. The van der Waals surface area contributed by atoms with E-state index in [0.717, 1.165) is 5.56 Å². The number of aliphatic carboxylic acids is 1. The van der Waals surface area contributed by atoms with Crippen molar-refractivity contribution in [2.75, 3.05) is 41.0 Å². The minimum absolute atomic E-state index is 0.0426. The number of carboxylic acid groups (broad SMARTS) is 1. The van der Waals surface area contributed by atoms with Gasteiger partial charge in [-0.2, -0.15) is 0 Å². The molecule has 1 aliphatic heterocycles. The fraction of sp³-hybridized carbons (Fsp3) is 0.579. The Morgan fingerprint density at radius 1 is 1.23 bits per heavy atom. The van der Waals surface area contributed by atoms with E-state index in [1.807, 2.05) is 25.1 Å². The minimum atomic E-state index is -1.01. The van der Waals surface area contributed by atoms with Crippen molar-refractivity contribution in [1.29, 1.82) is 0 Å². The number of rotatable bonds is 8. The summed E-state index contributed by atoms with van der Waals surface area (Å²) in [5.41, 5.74) is -0.0444. The number of carbonyl (C=O) groups is 2. The van der Waals surface area contributed by atoms with Gasteiger partial charge in [0.05, 0.1) is 20.8 Å². The second-order valence-electron chi connectivity index (χ2n) is 6.82. The molecule has 0 spiro atoms. The number of carbonyl (C=O) groups excluding carboxylic acids is 1. The number of nitrogens with zero attached hydrogens (tertiary/aromatic N) is 1. The largest absolute Gasteiger partial charge is 0.493 e. The molecule has 1 heterocycles. The van der Waals surface area contributed by atoms with Crippen molar-refractivity contribution in [2.45, 2.75) is 19.8 Å². The molecule has 0 aromatic heterocycles. The molecule has 1 saturated heterocycles. The van der Waals surface area contributed by atoms with Gasteiger partial charge in [0.15, 0.2) is 11.5 Å². The Labute approximate surface area is 153 Å². The predicted octanol–water partition coefficient (Wildman–Crippen LogP) is 1.83. The molecule has 2 rings (SSSR count). The Bertz CT molecular complexity index is 661. The first kappa shape index (κ1) is 20.0. The van der Waals surface area contributed by atoms with E-state index < -0.39 is 11.4 Å². The zero-order valence-corrected chi connectivity index (χ0v) is 15.8. The lowest BCUT2D eigenvalue weighted by atomic mass is 9.88. The van der Waals surface area contributed by atoms with E-state index in [2.05, 4.69) is 0 Å². The second kappa shape index (κ2) is 8.40. The van der Waals surface area contributed by atoms with Gasteiger partial charge in [-0.05, 0) is 30.5 Å². The van der Waals surface area contributed by atoms with Gasteiger partial charge in [0.25, 0.3) is 0 Å². The maximum atomic E-state index is 12.8. The van der Waals surface area contributed by atoms with Crippen molar-refractivity contribution in [3.8, 4) is 11.5 Å². The van der Waals surface area contributed by atoms with Crippen LogP contribution in [0, 0.1) is 11.3 Å². The molecule has 1 aromatic carbocycles. The predicted molar refractivity (Wildman–Crippen MR) is 95.6 cm³/mol. The van der Waals surface area contributed by atoms with Crippen LogP contribution in [0.2, 0.25) is 0 Å². The Hall–Kier alpha value is -2.28. The summed E-state index contributed by atoms with van der Waals surface area (Å²) in [5, 5.41) is 9.53. The molecular weight excluding hydrogens is 338 g/mol. The molecule has 0 saturated carbocycles. The third kappa shape index (κ3) is 4.09. The lowest BCUT2D eigenvalue weighted by molar-refractivity contribution is -0.151. The standard InChI is InChI=1S/C19H27NO6/c1-13(9-14-5-6-15(25-3)16(10-14)26-4)17(21)20-8-7-19(11-20,12-24-2)18(22)23/h5-6,10,13H,7-9,11-12H2,1-4H3,(H,22,23). The van der Waals surface area contributed by atoms with Gasteiger partial charge in [-0.15, -0.1) is 0 Å². The highest BCUT2D eigenvalue weighted by molar-refractivity contribution is 5.82. The van der Waals surface area contributed by atoms with Crippen molar-refractivity contribution in [2.24, 2.45) is 11.3 Å². The molecule has 0 radical (unpaired) electrons. The van der Waals surface area contributed by atoms with Gasteiger partial charge in [-0.25, -0.2) is 0 Å². The van der Waals surface area contributed by atoms with Crippen molar-refractivity contribution >= 4 is 11.9 Å². The van der Waals surface area contributed by atoms with Crippen LogP contribution in [0.15, 0.2) is 18.2 Å². The van der Waals surface area contributed by atoms with Crippen LogP contribution in [0.5, 0.6) is 11.5 Å². The van der Waals surface area contributed by atoms with E-state index in [0.29, 0.717) is 30.9 Å². The average molecular weight is 365 g/mol. The summed E-state index contributed by atoms with van der Waals surface area (Å²) in [6.07, 6.45) is 0.949. The number of likely N-dealkylation sites (tertiary alicyclic amines) is 1. The van der Waals surface area contributed by atoms with Crippen LogP contribution in [-0.4, -0.2) is 62.9 Å². The fourth-order valence-electron chi connectivity index (χ4n) is 3.45. The molecule has 0 aliphatic carbocycles. The molecule has 1 fully saturated rings. The third-order valence-electron chi connectivity index (χ3n) is 4.95. The van der Waals surface area contributed by atoms with Crippen molar-refractivity contribution in [1.82, 2.24) is 4.90 Å². The zero-order valence-electron chi connectivity index (χ0n) is 15.8. The molecule has 0 bridgehead atoms. The number of benzene rings is 1. The first-order valence-electron chi connectivity index (χ1n) is 8.59. The van der Waals surface area contributed by atoms with Gasteiger partial charge in [0.1, 0.15) is 5.41 Å². The van der Waals surface area contributed by atoms with Crippen molar-refractivity contribution in [3.63, 3.8) is 0 Å². The molecular formula is C19H27NO6. The van der Waals surface area contributed by atoms with Crippen LogP contribution in [0.25, 0.3) is 0 Å². The summed E-state index contributed by atoms with van der Waals surface area (Å²) < 4.78 is 15.6. The molecule has 2 unspecified atom stereocenters. The van der Waals surface area contributed by atoms with E-state index in [1.165, 1.54) is 7.11 Å². The molecule has 1 N–H and O–H groups in total. The molecule has 7 nitrogen and oxygen atoms in total. The highest BCUT2D eigenvalue weighted by Crippen LogP contribution is 2.33. The van der Waals surface area contributed by atoms with E-state index in [-0.39, 0.29) is 25.0 Å². The summed E-state index contributed by atoms with van der Waals surface area (Å²) in [5.74, 6) is 0.0397. The highest BCUT2D eigenvalue weighted by Gasteiger charge is 2.46. The Balaban J connectivity index is 2.05. The Morgan fingerprint density at radius 3 is 2.50 bits per heavy atom. The number of hydrogen-bond acceptors (Lipinski definition) is 5. The Kier molecular flexibility index (Phi) is 6.47. The third-order valence-corrected chi connectivity index (χ3v) is 4.95. The maximum Gasteiger partial charge on any atom is 0.313 e. The van der Waals surface area contributed by atoms with Gasteiger partial charge in [0.2, 0.25) is 5.91 Å². The van der Waals surface area contributed by atoms with Gasteiger partial charge in [-0.1, -0.05) is 13.0 Å². The van der Waals surface area contributed by atoms with E-state index in [1.54, 1.807) is 19.1 Å². The maximum absolute atomic E-state index is 12.8. The van der Waals surface area contributed by atoms with Crippen LogP contribution in [-0.2, 0) is 20.7 Å². The molecule has 1 aliphatic rings. The number of hydrogen-bond donors (Lipinski definition) is 1. The molecule has 144 valence electrons. The lowest BCUT2D eigenvalue weighted by Crippen LogP contribution is -2.41. The first-order valence-corrected chi connectivity index (χ1v) is 8.59. The number of amides is 1. The molecule has 26 heavy (non-hydrogen) atoms. The van der Waals surface area contributed by atoms with Gasteiger partial charge in [0, 0.05) is 26.1 Å². The molecule has 1 aromatic rings. The van der Waals surface area contributed by atoms with Crippen LogP contribution < -0.4 is 9.47 Å². The quantitative estimate of drug-likeness (QED) is 0.757. The summed E-state index contributed by atoms with van der Waals surface area (Å²) in [6.45, 7) is 2.59. The molecule has 1 amide bonds. The second-order valence-corrected chi connectivity index (χ2v) is 6.82. The van der Waals surface area contributed by atoms with Crippen LogP contribution in [0.4, 0.5) is 0 Å². The minimum Gasteiger partial charge on any atom is -0.493 e. The SMILES string of the molecule is COCC1(C(=O)O)CCN(C(=O)C(C)Cc2ccc(OC)c(OC)c2)C1. The topological polar surface area (TPSA) is 85.3 Å². The molecule has 2 atom stereocenters. The van der Waals surface area contributed by atoms with E-state index in [4.69, 9.17) is 14.2 Å². The van der Waals surface area contributed by atoms with Crippen molar-refractivity contribution < 1.29 is 28.9 Å². The van der Waals surface area contributed by atoms with Gasteiger partial charge >= 0.3 is 5.97 Å². The summed E-state index contributed by atoms with van der Waals surface area (Å²) in [4.78, 5) is 26.0. The van der Waals surface area contributed by atoms with E-state index >= 15 is 0 Å². The van der Waals surface area contributed by atoms with Crippen LogP contribution in [0.1, 0.15) is 18.9 Å². The zero-order chi connectivity index (χ0) is 19.3. The summed E-state index contributed by atoms with van der Waals surface area (Å²) in [7, 11) is 4.63. The van der Waals surface area contributed by atoms with Crippen LogP contribution >= 0.6 is 0 Å². The number of carboxylic acids is 1. The monoisotopic (exact) mass is 365 g/mol. The lowest BCUT2D eigenvalue weighted by Gasteiger charge is -2.25. The highest BCUT2D eigenvalue weighted by atomic mass is 16.5. The number of methoxy groups -OCH3 is 3. The van der Waals surface area contributed by atoms with Gasteiger partial charge < -0.3 is 24.2 Å². The van der Waals surface area contributed by atoms with Gasteiger partial charge in [-0.3, -0.25) is 9.59 Å². The summed E-state index contributed by atoms with van der Waals surface area (Å²) in [6, 6.07) is 5.58. The van der Waals surface area contributed by atoms with Crippen LogP contribution in [0.3, 0.4) is 0 Å². The van der Waals surface area contributed by atoms with E-state index in [9.17, 15) is 14.7 Å². The van der Waals surface area contributed by atoms with Crippen molar-refractivity contribution in [3.05, 3.63) is 23.8 Å². The summed E-state index contributed by atoms with van der Waals surface area (Å²) >= 11 is 0. The number of ether oxygens (including phenoxy) is 3.